The minimum atomic E-state index is -1.36. The average Bonchev–Trinajstić information content (AvgIpc) is 2.42. The van der Waals surface area contributed by atoms with Crippen LogP contribution in [-0.4, -0.2) is 16.5 Å². The Bertz CT molecular complexity index is 702. The summed E-state index contributed by atoms with van der Waals surface area (Å²) in [5, 5.41) is 2.60. The van der Waals surface area contributed by atoms with Crippen molar-refractivity contribution >= 4 is 11.7 Å². The van der Waals surface area contributed by atoms with E-state index in [0.717, 1.165) is 17.7 Å². The van der Waals surface area contributed by atoms with Crippen LogP contribution >= 0.6 is 0 Å². The molecule has 0 saturated heterocycles. The number of aryl methyl sites for hydroxylation is 1. The van der Waals surface area contributed by atoms with Gasteiger partial charge in [0.15, 0.2) is 17.2 Å². The minimum absolute atomic E-state index is 0.196. The number of benzene rings is 1. The summed E-state index contributed by atoms with van der Waals surface area (Å²) in [6.07, 6.45) is 1.57. The SMILES string of the molecule is Cc1ccnc(NC(=O)C(C)(C)Oc2ccc(F)cc2F)c1. The van der Waals surface area contributed by atoms with Crippen LogP contribution in [0.2, 0.25) is 0 Å². The normalized spacial score (nSPS) is 11.1. The lowest BCUT2D eigenvalue weighted by Gasteiger charge is -2.25. The number of carbonyl (C=O) groups excluding carboxylic acids is 1. The van der Waals surface area contributed by atoms with E-state index in [-0.39, 0.29) is 5.75 Å². The highest BCUT2D eigenvalue weighted by molar-refractivity contribution is 5.96. The summed E-state index contributed by atoms with van der Waals surface area (Å²) in [5.74, 6) is -1.89. The number of hydrogen-bond acceptors (Lipinski definition) is 3. The van der Waals surface area contributed by atoms with E-state index >= 15 is 0 Å². The Morgan fingerprint density at radius 2 is 1.95 bits per heavy atom. The number of hydrogen-bond donors (Lipinski definition) is 1. The van der Waals surface area contributed by atoms with Gasteiger partial charge in [0.25, 0.3) is 5.91 Å². The third-order valence-electron chi connectivity index (χ3n) is 2.96. The zero-order valence-electron chi connectivity index (χ0n) is 12.5. The van der Waals surface area contributed by atoms with Crippen molar-refractivity contribution in [1.82, 2.24) is 4.98 Å². The molecule has 22 heavy (non-hydrogen) atoms. The number of anilines is 1. The predicted octanol–water partition coefficient (Wildman–Crippen LogP) is 3.46. The standard InChI is InChI=1S/C16H16F2N2O2/c1-10-6-7-19-14(8-10)20-15(21)16(2,3)22-13-5-4-11(17)9-12(13)18/h4-9H,1-3H3,(H,19,20,21). The fourth-order valence-corrected chi connectivity index (χ4v) is 1.75. The quantitative estimate of drug-likeness (QED) is 0.941. The highest BCUT2D eigenvalue weighted by Gasteiger charge is 2.31. The molecule has 0 unspecified atom stereocenters. The molecule has 4 nitrogen and oxygen atoms in total. The summed E-state index contributed by atoms with van der Waals surface area (Å²) in [7, 11) is 0. The van der Waals surface area contributed by atoms with Crippen molar-refractivity contribution in [3.05, 3.63) is 53.7 Å². The average molecular weight is 306 g/mol. The molecule has 116 valence electrons. The zero-order valence-corrected chi connectivity index (χ0v) is 12.5. The Labute approximate surface area is 127 Å². The lowest BCUT2D eigenvalue weighted by molar-refractivity contribution is -0.128. The van der Waals surface area contributed by atoms with Gasteiger partial charge in [-0.2, -0.15) is 0 Å². The smallest absolute Gasteiger partial charge is 0.269 e. The number of nitrogens with zero attached hydrogens (tertiary/aromatic N) is 1. The first-order valence-electron chi connectivity index (χ1n) is 6.66. The molecule has 0 saturated carbocycles. The molecule has 0 atom stereocenters. The van der Waals surface area contributed by atoms with Gasteiger partial charge in [-0.05, 0) is 50.6 Å². The van der Waals surface area contributed by atoms with Crippen molar-refractivity contribution in [2.45, 2.75) is 26.4 Å². The molecule has 0 aliphatic heterocycles. The Morgan fingerprint density at radius 1 is 1.23 bits per heavy atom. The molecular weight excluding hydrogens is 290 g/mol. The molecule has 1 aromatic carbocycles. The number of rotatable bonds is 4. The molecular formula is C16H16F2N2O2. The van der Waals surface area contributed by atoms with E-state index in [1.54, 1.807) is 18.3 Å². The first-order chi connectivity index (χ1) is 10.3. The number of carbonyl (C=O) groups is 1. The molecule has 1 aromatic heterocycles. The van der Waals surface area contributed by atoms with Crippen LogP contribution in [0.25, 0.3) is 0 Å². The van der Waals surface area contributed by atoms with Crippen LogP contribution in [0.1, 0.15) is 19.4 Å². The summed E-state index contributed by atoms with van der Waals surface area (Å²) in [4.78, 5) is 16.3. The van der Waals surface area contributed by atoms with Crippen LogP contribution in [0.5, 0.6) is 5.75 Å². The first kappa shape index (κ1) is 15.9. The summed E-state index contributed by atoms with van der Waals surface area (Å²) in [6.45, 7) is 4.84. The third-order valence-corrected chi connectivity index (χ3v) is 2.96. The number of pyridine rings is 1. The summed E-state index contributed by atoms with van der Waals surface area (Å²) in [5.41, 5.74) is -0.419. The highest BCUT2D eigenvalue weighted by Crippen LogP contribution is 2.23. The molecule has 2 rings (SSSR count). The van der Waals surface area contributed by atoms with Gasteiger partial charge in [0.2, 0.25) is 0 Å². The van der Waals surface area contributed by atoms with E-state index in [0.29, 0.717) is 11.9 Å². The number of amides is 1. The van der Waals surface area contributed by atoms with Crippen LogP contribution in [-0.2, 0) is 4.79 Å². The fraction of sp³-hybridized carbons (Fsp3) is 0.250. The van der Waals surface area contributed by atoms with Gasteiger partial charge >= 0.3 is 0 Å². The van der Waals surface area contributed by atoms with Crippen LogP contribution in [0.15, 0.2) is 36.5 Å². The zero-order chi connectivity index (χ0) is 16.3. The molecule has 1 heterocycles. The fourth-order valence-electron chi connectivity index (χ4n) is 1.75. The van der Waals surface area contributed by atoms with Crippen molar-refractivity contribution in [3.8, 4) is 5.75 Å². The molecule has 0 spiro atoms. The summed E-state index contributed by atoms with van der Waals surface area (Å²) < 4.78 is 31.9. The van der Waals surface area contributed by atoms with Crippen molar-refractivity contribution in [2.75, 3.05) is 5.32 Å². The van der Waals surface area contributed by atoms with E-state index in [1.807, 2.05) is 6.92 Å². The second-order valence-corrected chi connectivity index (χ2v) is 5.36. The third kappa shape index (κ3) is 3.78. The van der Waals surface area contributed by atoms with E-state index in [1.165, 1.54) is 13.8 Å². The van der Waals surface area contributed by atoms with E-state index < -0.39 is 23.1 Å². The molecule has 6 heteroatoms. The number of ether oxygens (including phenoxy) is 1. The summed E-state index contributed by atoms with van der Waals surface area (Å²) >= 11 is 0. The monoisotopic (exact) mass is 306 g/mol. The second kappa shape index (κ2) is 6.09. The Kier molecular flexibility index (Phi) is 4.40. The van der Waals surface area contributed by atoms with Crippen LogP contribution in [0, 0.1) is 18.6 Å². The molecule has 0 bridgehead atoms. The van der Waals surface area contributed by atoms with Gasteiger partial charge in [0, 0.05) is 12.3 Å². The highest BCUT2D eigenvalue weighted by atomic mass is 19.1. The maximum Gasteiger partial charge on any atom is 0.269 e. The van der Waals surface area contributed by atoms with Gasteiger partial charge < -0.3 is 10.1 Å². The summed E-state index contributed by atoms with van der Waals surface area (Å²) in [6, 6.07) is 6.40. The van der Waals surface area contributed by atoms with Crippen molar-refractivity contribution < 1.29 is 18.3 Å². The molecule has 1 N–H and O–H groups in total. The van der Waals surface area contributed by atoms with Gasteiger partial charge in [-0.25, -0.2) is 13.8 Å². The Hall–Kier alpha value is -2.50. The first-order valence-corrected chi connectivity index (χ1v) is 6.66. The molecule has 0 aliphatic rings. The molecule has 0 aliphatic carbocycles. The Morgan fingerprint density at radius 3 is 2.59 bits per heavy atom. The van der Waals surface area contributed by atoms with E-state index in [4.69, 9.17) is 4.74 Å². The maximum absolute atomic E-state index is 13.6. The van der Waals surface area contributed by atoms with Gasteiger partial charge in [-0.15, -0.1) is 0 Å². The van der Waals surface area contributed by atoms with Gasteiger partial charge in [-0.1, -0.05) is 0 Å². The van der Waals surface area contributed by atoms with E-state index in [2.05, 4.69) is 10.3 Å². The van der Waals surface area contributed by atoms with Crippen molar-refractivity contribution in [3.63, 3.8) is 0 Å². The predicted molar refractivity (Wildman–Crippen MR) is 78.7 cm³/mol. The van der Waals surface area contributed by atoms with Crippen LogP contribution in [0.3, 0.4) is 0 Å². The number of halogens is 2. The van der Waals surface area contributed by atoms with E-state index in [9.17, 15) is 13.6 Å². The molecule has 0 fully saturated rings. The largest absolute Gasteiger partial charge is 0.475 e. The lowest BCUT2D eigenvalue weighted by atomic mass is 10.1. The topological polar surface area (TPSA) is 51.2 Å². The van der Waals surface area contributed by atoms with Crippen LogP contribution in [0.4, 0.5) is 14.6 Å². The van der Waals surface area contributed by atoms with Crippen molar-refractivity contribution in [2.24, 2.45) is 0 Å². The van der Waals surface area contributed by atoms with Crippen LogP contribution < -0.4 is 10.1 Å². The number of aromatic nitrogens is 1. The maximum atomic E-state index is 13.6. The number of nitrogens with one attached hydrogen (secondary N) is 1. The van der Waals surface area contributed by atoms with Gasteiger partial charge in [0.05, 0.1) is 0 Å². The lowest BCUT2D eigenvalue weighted by Crippen LogP contribution is -2.42. The molecule has 1 amide bonds. The van der Waals surface area contributed by atoms with Crippen molar-refractivity contribution in [1.29, 1.82) is 0 Å². The minimum Gasteiger partial charge on any atom is -0.475 e. The molecule has 2 aromatic rings. The van der Waals surface area contributed by atoms with Gasteiger partial charge in [-0.3, -0.25) is 4.79 Å². The molecule has 0 radical (unpaired) electrons. The Balaban J connectivity index is 2.13. The van der Waals surface area contributed by atoms with Gasteiger partial charge in [0.1, 0.15) is 11.6 Å². The second-order valence-electron chi connectivity index (χ2n) is 5.36.